The molecule has 2 unspecified atom stereocenters. The highest BCUT2D eigenvalue weighted by atomic mass is 32.2. The van der Waals surface area contributed by atoms with E-state index in [-0.39, 0.29) is 12.1 Å². The van der Waals surface area contributed by atoms with E-state index in [0.29, 0.717) is 4.90 Å². The average Bonchev–Trinajstić information content (AvgIpc) is 2.44. The second-order valence-corrected chi connectivity index (χ2v) is 6.97. The number of nitrogens with two attached hydrogens (primary N) is 1. The number of hydrogen-bond acceptors (Lipinski definition) is 3. The first-order chi connectivity index (χ1) is 9.40. The van der Waals surface area contributed by atoms with E-state index in [1.807, 2.05) is 19.9 Å². The molecule has 5 heteroatoms. The molecule has 0 aliphatic carbocycles. The Morgan fingerprint density at radius 1 is 1.30 bits per heavy atom. The Labute approximate surface area is 122 Å². The van der Waals surface area contributed by atoms with Gasteiger partial charge in [0.1, 0.15) is 0 Å². The van der Waals surface area contributed by atoms with Crippen molar-refractivity contribution >= 4 is 10.0 Å². The van der Waals surface area contributed by atoms with Gasteiger partial charge in [0.05, 0.1) is 4.90 Å². The van der Waals surface area contributed by atoms with Crippen molar-refractivity contribution in [1.82, 2.24) is 4.72 Å². The SMILES string of the molecule is CCCCC(C)NS(=O)(=O)c1cccc(C(N)CC)c1. The maximum absolute atomic E-state index is 12.3. The number of unbranched alkanes of at least 4 members (excludes halogenated alkanes) is 1. The van der Waals surface area contributed by atoms with Crippen LogP contribution in [0.3, 0.4) is 0 Å². The van der Waals surface area contributed by atoms with Crippen LogP contribution in [-0.4, -0.2) is 14.5 Å². The summed E-state index contributed by atoms with van der Waals surface area (Å²) in [5.41, 5.74) is 6.82. The average molecular weight is 298 g/mol. The zero-order valence-electron chi connectivity index (χ0n) is 12.6. The van der Waals surface area contributed by atoms with Gasteiger partial charge in [-0.25, -0.2) is 13.1 Å². The van der Waals surface area contributed by atoms with Gasteiger partial charge < -0.3 is 5.73 Å². The highest BCUT2D eigenvalue weighted by Gasteiger charge is 2.18. The van der Waals surface area contributed by atoms with Gasteiger partial charge in [-0.1, -0.05) is 38.8 Å². The molecule has 0 saturated heterocycles. The molecule has 3 N–H and O–H groups in total. The maximum atomic E-state index is 12.3. The lowest BCUT2D eigenvalue weighted by atomic mass is 10.1. The van der Waals surface area contributed by atoms with Crippen LogP contribution < -0.4 is 10.5 Å². The molecule has 0 fully saturated rings. The summed E-state index contributed by atoms with van der Waals surface area (Å²) in [5.74, 6) is 0. The summed E-state index contributed by atoms with van der Waals surface area (Å²) in [6.07, 6.45) is 3.71. The van der Waals surface area contributed by atoms with Gasteiger partial charge >= 0.3 is 0 Å². The smallest absolute Gasteiger partial charge is 0.240 e. The second-order valence-electron chi connectivity index (χ2n) is 5.25. The summed E-state index contributed by atoms with van der Waals surface area (Å²) in [4.78, 5) is 0.294. The Morgan fingerprint density at radius 3 is 2.60 bits per heavy atom. The van der Waals surface area contributed by atoms with E-state index in [1.165, 1.54) is 0 Å². The van der Waals surface area contributed by atoms with Crippen molar-refractivity contribution in [3.63, 3.8) is 0 Å². The van der Waals surface area contributed by atoms with Crippen LogP contribution in [-0.2, 0) is 10.0 Å². The molecule has 0 aromatic heterocycles. The van der Waals surface area contributed by atoms with E-state index in [0.717, 1.165) is 31.2 Å². The predicted octanol–water partition coefficient (Wildman–Crippen LogP) is 2.95. The van der Waals surface area contributed by atoms with Crippen molar-refractivity contribution < 1.29 is 8.42 Å². The van der Waals surface area contributed by atoms with Gasteiger partial charge in [-0.15, -0.1) is 0 Å². The summed E-state index contributed by atoms with van der Waals surface area (Å²) in [6.45, 7) is 5.97. The van der Waals surface area contributed by atoms with Crippen molar-refractivity contribution in [1.29, 1.82) is 0 Å². The number of sulfonamides is 1. The van der Waals surface area contributed by atoms with E-state index in [4.69, 9.17) is 5.73 Å². The third-order valence-electron chi connectivity index (χ3n) is 3.38. The molecule has 1 rings (SSSR count). The van der Waals surface area contributed by atoms with Gasteiger partial charge in [-0.05, 0) is 37.5 Å². The monoisotopic (exact) mass is 298 g/mol. The first kappa shape index (κ1) is 17.1. The minimum absolute atomic E-state index is 0.0524. The molecule has 4 nitrogen and oxygen atoms in total. The normalized spacial score (nSPS) is 15.0. The van der Waals surface area contributed by atoms with Gasteiger partial charge in [0.2, 0.25) is 10.0 Å². The molecule has 0 bridgehead atoms. The molecular weight excluding hydrogens is 272 g/mol. The van der Waals surface area contributed by atoms with E-state index >= 15 is 0 Å². The molecule has 2 atom stereocenters. The van der Waals surface area contributed by atoms with Gasteiger partial charge in [0.15, 0.2) is 0 Å². The molecular formula is C15H26N2O2S. The lowest BCUT2D eigenvalue weighted by Crippen LogP contribution is -2.32. The Hall–Kier alpha value is -0.910. The first-order valence-corrected chi connectivity index (χ1v) is 8.76. The highest BCUT2D eigenvalue weighted by Crippen LogP contribution is 2.18. The fourth-order valence-corrected chi connectivity index (χ4v) is 3.38. The van der Waals surface area contributed by atoms with E-state index in [1.54, 1.807) is 18.2 Å². The molecule has 0 aliphatic rings. The van der Waals surface area contributed by atoms with Crippen LogP contribution >= 0.6 is 0 Å². The third kappa shape index (κ3) is 4.89. The molecule has 0 radical (unpaired) electrons. The van der Waals surface area contributed by atoms with Gasteiger partial charge in [-0.2, -0.15) is 0 Å². The van der Waals surface area contributed by atoms with Crippen LogP contribution in [0.4, 0.5) is 0 Å². The number of rotatable bonds is 8. The number of benzene rings is 1. The molecule has 0 heterocycles. The third-order valence-corrected chi connectivity index (χ3v) is 4.97. The largest absolute Gasteiger partial charge is 0.324 e. The van der Waals surface area contributed by atoms with Crippen LogP contribution in [0.1, 0.15) is 58.1 Å². The first-order valence-electron chi connectivity index (χ1n) is 7.28. The van der Waals surface area contributed by atoms with Crippen molar-refractivity contribution in [2.24, 2.45) is 5.73 Å². The number of hydrogen-bond donors (Lipinski definition) is 2. The van der Waals surface area contributed by atoms with Crippen LogP contribution in [0.2, 0.25) is 0 Å². The summed E-state index contributed by atoms with van der Waals surface area (Å²) >= 11 is 0. The summed E-state index contributed by atoms with van der Waals surface area (Å²) < 4.78 is 27.4. The summed E-state index contributed by atoms with van der Waals surface area (Å²) in [5, 5.41) is 0. The Balaban J connectivity index is 2.87. The van der Waals surface area contributed by atoms with E-state index in [2.05, 4.69) is 11.6 Å². The molecule has 114 valence electrons. The minimum Gasteiger partial charge on any atom is -0.324 e. The standard InChI is InChI=1S/C15H26N2O2S/c1-4-6-8-12(3)17-20(18,19)14-10-7-9-13(11-14)15(16)5-2/h7,9-12,15,17H,4-6,8,16H2,1-3H3. The molecule has 0 saturated carbocycles. The Kier molecular flexibility index (Phi) is 6.65. The van der Waals surface area contributed by atoms with E-state index < -0.39 is 10.0 Å². The second kappa shape index (κ2) is 7.76. The van der Waals surface area contributed by atoms with Crippen LogP contribution in [0.25, 0.3) is 0 Å². The summed E-state index contributed by atoms with van der Waals surface area (Å²) in [6, 6.07) is 6.72. The lowest BCUT2D eigenvalue weighted by Gasteiger charge is -2.15. The van der Waals surface area contributed by atoms with E-state index in [9.17, 15) is 8.42 Å². The topological polar surface area (TPSA) is 72.2 Å². The Bertz CT molecular complexity index is 514. The van der Waals surface area contributed by atoms with Crippen molar-refractivity contribution in [3.05, 3.63) is 29.8 Å². The molecule has 0 aliphatic heterocycles. The van der Waals surface area contributed by atoms with Crippen molar-refractivity contribution in [3.8, 4) is 0 Å². The summed E-state index contributed by atoms with van der Waals surface area (Å²) in [7, 11) is -3.46. The van der Waals surface area contributed by atoms with Crippen LogP contribution in [0.5, 0.6) is 0 Å². The van der Waals surface area contributed by atoms with Gasteiger partial charge in [0, 0.05) is 12.1 Å². The van der Waals surface area contributed by atoms with Crippen LogP contribution in [0, 0.1) is 0 Å². The Morgan fingerprint density at radius 2 is 2.00 bits per heavy atom. The van der Waals surface area contributed by atoms with Crippen molar-refractivity contribution in [2.75, 3.05) is 0 Å². The predicted molar refractivity (Wildman–Crippen MR) is 83.0 cm³/mol. The maximum Gasteiger partial charge on any atom is 0.240 e. The fraction of sp³-hybridized carbons (Fsp3) is 0.600. The van der Waals surface area contributed by atoms with Gasteiger partial charge in [-0.3, -0.25) is 0 Å². The molecule has 1 aromatic carbocycles. The quantitative estimate of drug-likeness (QED) is 0.775. The van der Waals surface area contributed by atoms with Gasteiger partial charge in [0.25, 0.3) is 0 Å². The fourth-order valence-electron chi connectivity index (χ4n) is 2.05. The molecule has 20 heavy (non-hydrogen) atoms. The van der Waals surface area contributed by atoms with Crippen LogP contribution in [0.15, 0.2) is 29.2 Å². The minimum atomic E-state index is -3.46. The highest BCUT2D eigenvalue weighted by molar-refractivity contribution is 7.89. The molecule has 0 amide bonds. The van der Waals surface area contributed by atoms with Crippen molar-refractivity contribution in [2.45, 2.75) is 63.4 Å². The zero-order valence-corrected chi connectivity index (χ0v) is 13.4. The zero-order chi connectivity index (χ0) is 15.2. The molecule has 1 aromatic rings. The molecule has 0 spiro atoms. The number of nitrogens with one attached hydrogen (secondary N) is 1. The lowest BCUT2D eigenvalue weighted by molar-refractivity contribution is 0.534.